The highest BCUT2D eigenvalue weighted by Crippen LogP contribution is 2.44. The monoisotopic (exact) mass is 253 g/mol. The van der Waals surface area contributed by atoms with Crippen molar-refractivity contribution in [2.45, 2.75) is 45.6 Å². The third-order valence-corrected chi connectivity index (χ3v) is 4.41. The molecule has 0 radical (unpaired) electrons. The average molecular weight is 253 g/mol. The quantitative estimate of drug-likeness (QED) is 0.807. The number of hydrogen-bond acceptors (Lipinski definition) is 1. The van der Waals surface area contributed by atoms with Crippen LogP contribution in [-0.2, 0) is 5.54 Å². The van der Waals surface area contributed by atoms with Crippen LogP contribution in [0.5, 0.6) is 0 Å². The second kappa shape index (κ2) is 4.61. The Bertz CT molecular complexity index is 458. The Morgan fingerprint density at radius 3 is 2.56 bits per heavy atom. The van der Waals surface area contributed by atoms with Crippen LogP contribution in [0.2, 0.25) is 0 Å². The van der Waals surface area contributed by atoms with E-state index >= 15 is 0 Å². The molecule has 2 N–H and O–H groups in total. The molecule has 1 aliphatic rings. The molecule has 3 heteroatoms. The van der Waals surface area contributed by atoms with Crippen LogP contribution in [0.4, 0.5) is 8.78 Å². The number of nitrogens with two attached hydrogens (primary N) is 1. The minimum absolute atomic E-state index is 0.0848. The molecular weight excluding hydrogens is 232 g/mol. The summed E-state index contributed by atoms with van der Waals surface area (Å²) in [4.78, 5) is 0. The van der Waals surface area contributed by atoms with E-state index in [1.165, 1.54) is 12.1 Å². The van der Waals surface area contributed by atoms with E-state index in [1.807, 2.05) is 6.92 Å². The molecule has 0 aliphatic heterocycles. The Morgan fingerprint density at radius 1 is 1.22 bits per heavy atom. The van der Waals surface area contributed by atoms with Gasteiger partial charge < -0.3 is 5.73 Å². The summed E-state index contributed by atoms with van der Waals surface area (Å²) in [5.74, 6) is -0.481. The number of benzene rings is 1. The first-order chi connectivity index (χ1) is 8.36. The average Bonchev–Trinajstić information content (AvgIpc) is 2.30. The molecule has 0 amide bonds. The topological polar surface area (TPSA) is 26.0 Å². The highest BCUT2D eigenvalue weighted by atomic mass is 19.1. The minimum atomic E-state index is -0.877. The molecule has 3 atom stereocenters. The molecule has 1 aromatic rings. The molecule has 0 aromatic heterocycles. The van der Waals surface area contributed by atoms with E-state index in [0.717, 1.165) is 12.8 Å². The van der Waals surface area contributed by atoms with Gasteiger partial charge in [-0.15, -0.1) is 0 Å². The Labute approximate surface area is 107 Å². The lowest BCUT2D eigenvalue weighted by Gasteiger charge is -2.43. The van der Waals surface area contributed by atoms with Gasteiger partial charge in [0.1, 0.15) is 11.6 Å². The molecule has 18 heavy (non-hydrogen) atoms. The zero-order valence-electron chi connectivity index (χ0n) is 11.3. The van der Waals surface area contributed by atoms with Crippen LogP contribution in [0.1, 0.15) is 44.2 Å². The van der Waals surface area contributed by atoms with E-state index in [-0.39, 0.29) is 11.5 Å². The largest absolute Gasteiger partial charge is 0.321 e. The lowest BCUT2D eigenvalue weighted by molar-refractivity contribution is 0.152. The van der Waals surface area contributed by atoms with E-state index in [0.29, 0.717) is 17.9 Å². The van der Waals surface area contributed by atoms with Crippen molar-refractivity contribution in [3.8, 4) is 0 Å². The van der Waals surface area contributed by atoms with Crippen molar-refractivity contribution < 1.29 is 8.78 Å². The molecule has 0 saturated heterocycles. The fourth-order valence-electron chi connectivity index (χ4n) is 3.10. The van der Waals surface area contributed by atoms with E-state index in [2.05, 4.69) is 6.92 Å². The lowest BCUT2D eigenvalue weighted by Crippen LogP contribution is -2.48. The van der Waals surface area contributed by atoms with Crippen LogP contribution in [0.25, 0.3) is 0 Å². The third-order valence-electron chi connectivity index (χ3n) is 4.41. The summed E-state index contributed by atoms with van der Waals surface area (Å²) in [6, 6.07) is 2.79. The summed E-state index contributed by atoms with van der Waals surface area (Å²) in [6.07, 6.45) is 2.64. The lowest BCUT2D eigenvalue weighted by atomic mass is 9.66. The van der Waals surface area contributed by atoms with Gasteiger partial charge >= 0.3 is 0 Å². The smallest absolute Gasteiger partial charge is 0.134 e. The molecule has 0 spiro atoms. The minimum Gasteiger partial charge on any atom is -0.321 e. The van der Waals surface area contributed by atoms with Gasteiger partial charge in [0.2, 0.25) is 0 Å². The normalized spacial score (nSPS) is 32.6. The Morgan fingerprint density at radius 2 is 1.89 bits per heavy atom. The molecule has 1 nitrogen and oxygen atoms in total. The fraction of sp³-hybridized carbons (Fsp3) is 0.600. The van der Waals surface area contributed by atoms with Gasteiger partial charge in [0.25, 0.3) is 0 Å². The van der Waals surface area contributed by atoms with E-state index < -0.39 is 17.2 Å². The van der Waals surface area contributed by atoms with E-state index in [9.17, 15) is 8.78 Å². The highest BCUT2D eigenvalue weighted by Gasteiger charge is 2.42. The molecule has 2 rings (SSSR count). The predicted octanol–water partition coefficient (Wildman–Crippen LogP) is 3.88. The standard InChI is InChI=1S/C15H21F2N/c1-9-4-6-11(3)15(18,8-9)13-12(16)7-5-10(2)14(13)17/h5,7,9,11H,4,6,8,18H2,1-3H3. The first kappa shape index (κ1) is 13.5. The van der Waals surface area contributed by atoms with Gasteiger partial charge in [-0.3, -0.25) is 0 Å². The van der Waals surface area contributed by atoms with Crippen LogP contribution in [0.3, 0.4) is 0 Å². The molecule has 1 fully saturated rings. The molecule has 1 saturated carbocycles. The van der Waals surface area contributed by atoms with Crippen LogP contribution >= 0.6 is 0 Å². The van der Waals surface area contributed by atoms with Crippen LogP contribution in [-0.4, -0.2) is 0 Å². The summed E-state index contributed by atoms with van der Waals surface area (Å²) >= 11 is 0. The number of halogens is 2. The molecule has 100 valence electrons. The first-order valence-electron chi connectivity index (χ1n) is 6.60. The van der Waals surface area contributed by atoms with Crippen molar-refractivity contribution >= 4 is 0 Å². The second-order valence-corrected chi connectivity index (χ2v) is 5.88. The van der Waals surface area contributed by atoms with E-state index in [1.54, 1.807) is 6.92 Å². The van der Waals surface area contributed by atoms with Gasteiger partial charge in [0.05, 0.1) is 0 Å². The zero-order valence-corrected chi connectivity index (χ0v) is 11.3. The number of rotatable bonds is 1. The van der Waals surface area contributed by atoms with Crippen molar-refractivity contribution in [1.82, 2.24) is 0 Å². The molecule has 0 bridgehead atoms. The maximum Gasteiger partial charge on any atom is 0.134 e. The van der Waals surface area contributed by atoms with Crippen LogP contribution in [0.15, 0.2) is 12.1 Å². The molecule has 0 heterocycles. The maximum atomic E-state index is 14.3. The predicted molar refractivity (Wildman–Crippen MR) is 69.1 cm³/mol. The van der Waals surface area contributed by atoms with Crippen molar-refractivity contribution in [2.24, 2.45) is 17.6 Å². The SMILES string of the molecule is Cc1ccc(F)c(C2(N)CC(C)CCC2C)c1F. The van der Waals surface area contributed by atoms with Crippen LogP contribution in [0, 0.1) is 30.4 Å². The number of aryl methyl sites for hydroxylation is 1. The summed E-state index contributed by atoms with van der Waals surface area (Å²) in [6.45, 7) is 5.74. The summed E-state index contributed by atoms with van der Waals surface area (Å²) in [5, 5.41) is 0. The summed E-state index contributed by atoms with van der Waals surface area (Å²) in [7, 11) is 0. The van der Waals surface area contributed by atoms with Crippen LogP contribution < -0.4 is 5.73 Å². The van der Waals surface area contributed by atoms with Crippen molar-refractivity contribution in [1.29, 1.82) is 0 Å². The Kier molecular flexibility index (Phi) is 3.45. The van der Waals surface area contributed by atoms with Gasteiger partial charge in [-0.2, -0.15) is 0 Å². The van der Waals surface area contributed by atoms with Crippen molar-refractivity contribution in [3.63, 3.8) is 0 Å². The molecule has 1 aliphatic carbocycles. The van der Waals surface area contributed by atoms with Crippen molar-refractivity contribution in [2.75, 3.05) is 0 Å². The summed E-state index contributed by atoms with van der Waals surface area (Å²) in [5.41, 5.74) is 6.07. The zero-order chi connectivity index (χ0) is 13.5. The van der Waals surface area contributed by atoms with Crippen molar-refractivity contribution in [3.05, 3.63) is 34.9 Å². The van der Waals surface area contributed by atoms with Gasteiger partial charge in [-0.05, 0) is 43.2 Å². The highest BCUT2D eigenvalue weighted by molar-refractivity contribution is 5.33. The van der Waals surface area contributed by atoms with Gasteiger partial charge in [-0.25, -0.2) is 8.78 Å². The van der Waals surface area contributed by atoms with Gasteiger partial charge in [0, 0.05) is 11.1 Å². The van der Waals surface area contributed by atoms with Gasteiger partial charge in [0.15, 0.2) is 0 Å². The first-order valence-corrected chi connectivity index (χ1v) is 6.60. The molecular formula is C15H21F2N. The number of hydrogen-bond donors (Lipinski definition) is 1. The Balaban J connectivity index is 2.55. The third kappa shape index (κ3) is 2.05. The van der Waals surface area contributed by atoms with Gasteiger partial charge in [-0.1, -0.05) is 26.3 Å². The van der Waals surface area contributed by atoms with E-state index in [4.69, 9.17) is 5.73 Å². The Hall–Kier alpha value is -0.960. The molecule has 1 aromatic carbocycles. The second-order valence-electron chi connectivity index (χ2n) is 5.88. The fourth-order valence-corrected chi connectivity index (χ4v) is 3.10. The summed E-state index contributed by atoms with van der Waals surface area (Å²) < 4.78 is 28.3. The maximum absolute atomic E-state index is 14.3. The molecule has 3 unspecified atom stereocenters.